The van der Waals surface area contributed by atoms with Gasteiger partial charge in [0.15, 0.2) is 0 Å². The monoisotopic (exact) mass is 273 g/mol. The zero-order valence-electron chi connectivity index (χ0n) is 11.3. The van der Waals surface area contributed by atoms with E-state index < -0.39 is 11.9 Å². The number of nitrogens with two attached hydrogens (primary N) is 1. The van der Waals surface area contributed by atoms with Crippen molar-refractivity contribution in [2.45, 2.75) is 31.3 Å². The highest BCUT2D eigenvalue weighted by molar-refractivity contribution is 5.90. The van der Waals surface area contributed by atoms with E-state index in [-0.39, 0.29) is 11.9 Å². The minimum atomic E-state index is -0.446. The Morgan fingerprint density at radius 1 is 1.30 bits per heavy atom. The van der Waals surface area contributed by atoms with Crippen LogP contribution in [-0.4, -0.2) is 35.8 Å². The van der Waals surface area contributed by atoms with Crippen molar-refractivity contribution in [3.05, 3.63) is 35.4 Å². The van der Waals surface area contributed by atoms with Gasteiger partial charge in [0.1, 0.15) is 12.1 Å². The number of nitrogens with zero attached hydrogens (tertiary/aromatic N) is 1. The predicted octanol–water partition coefficient (Wildman–Crippen LogP) is 0.350. The van der Waals surface area contributed by atoms with Gasteiger partial charge in [0.25, 0.3) is 0 Å². The van der Waals surface area contributed by atoms with E-state index in [1.807, 2.05) is 18.2 Å². The van der Waals surface area contributed by atoms with E-state index in [0.29, 0.717) is 13.0 Å². The minimum absolute atomic E-state index is 0.0292. The van der Waals surface area contributed by atoms with Crippen LogP contribution in [0.15, 0.2) is 24.3 Å². The molecule has 0 spiro atoms. The summed E-state index contributed by atoms with van der Waals surface area (Å²) in [5.74, 6) is -0.432. The molecule has 2 atom stereocenters. The molecule has 0 aliphatic carbocycles. The fourth-order valence-electron chi connectivity index (χ4n) is 3.22. The van der Waals surface area contributed by atoms with Crippen molar-refractivity contribution >= 4 is 11.8 Å². The third-order valence-electron chi connectivity index (χ3n) is 4.22. The van der Waals surface area contributed by atoms with Crippen molar-refractivity contribution in [1.29, 1.82) is 0 Å². The molecule has 2 aliphatic rings. The van der Waals surface area contributed by atoms with Gasteiger partial charge in [-0.25, -0.2) is 0 Å². The van der Waals surface area contributed by atoms with Gasteiger partial charge in [-0.3, -0.25) is 9.59 Å². The number of hydrogen-bond acceptors (Lipinski definition) is 3. The average molecular weight is 273 g/mol. The molecule has 3 rings (SSSR count). The second kappa shape index (κ2) is 5.25. The Morgan fingerprint density at radius 2 is 2.10 bits per heavy atom. The highest BCUT2D eigenvalue weighted by Crippen LogP contribution is 2.27. The number of primary amides is 1. The number of fused-ring (bicyclic) bond motifs is 1. The Labute approximate surface area is 118 Å². The van der Waals surface area contributed by atoms with E-state index in [1.165, 1.54) is 5.56 Å². The maximum Gasteiger partial charge on any atom is 0.245 e. The maximum absolute atomic E-state index is 12.7. The van der Waals surface area contributed by atoms with Gasteiger partial charge in [0.2, 0.25) is 11.8 Å². The Hall–Kier alpha value is -1.88. The SMILES string of the molecule is NC(=O)C1CCCN1C(=O)C1NCCc2ccccc21. The molecule has 20 heavy (non-hydrogen) atoms. The molecule has 0 saturated carbocycles. The van der Waals surface area contributed by atoms with Crippen LogP contribution in [0.2, 0.25) is 0 Å². The number of likely N-dealkylation sites (tertiary alicyclic amines) is 1. The van der Waals surface area contributed by atoms with E-state index in [1.54, 1.807) is 4.90 Å². The highest BCUT2D eigenvalue weighted by Gasteiger charge is 2.37. The average Bonchev–Trinajstić information content (AvgIpc) is 2.95. The van der Waals surface area contributed by atoms with Gasteiger partial charge in [-0.05, 0) is 30.4 Å². The molecular weight excluding hydrogens is 254 g/mol. The number of hydrogen-bond donors (Lipinski definition) is 2. The molecular formula is C15H19N3O2. The Bertz CT molecular complexity index is 544. The predicted molar refractivity (Wildman–Crippen MR) is 74.8 cm³/mol. The fourth-order valence-corrected chi connectivity index (χ4v) is 3.22. The van der Waals surface area contributed by atoms with E-state index in [2.05, 4.69) is 11.4 Å². The largest absolute Gasteiger partial charge is 0.368 e. The van der Waals surface area contributed by atoms with Crippen LogP contribution in [0.3, 0.4) is 0 Å². The topological polar surface area (TPSA) is 75.4 Å². The van der Waals surface area contributed by atoms with Gasteiger partial charge in [0, 0.05) is 13.1 Å². The van der Waals surface area contributed by atoms with Crippen molar-refractivity contribution in [2.24, 2.45) is 5.73 Å². The lowest BCUT2D eigenvalue weighted by Crippen LogP contribution is -2.49. The molecule has 3 N–H and O–H groups in total. The van der Waals surface area contributed by atoms with Crippen LogP contribution in [-0.2, 0) is 16.0 Å². The summed E-state index contributed by atoms with van der Waals surface area (Å²) in [7, 11) is 0. The first kappa shape index (κ1) is 13.1. The molecule has 1 saturated heterocycles. The quantitative estimate of drug-likeness (QED) is 0.816. The summed E-state index contributed by atoms with van der Waals surface area (Å²) >= 11 is 0. The molecule has 2 heterocycles. The third kappa shape index (κ3) is 2.18. The number of amides is 2. The first-order chi connectivity index (χ1) is 9.68. The minimum Gasteiger partial charge on any atom is -0.368 e. The molecule has 5 heteroatoms. The summed E-state index contributed by atoms with van der Waals surface area (Å²) in [5, 5.41) is 3.27. The van der Waals surface area contributed by atoms with E-state index in [9.17, 15) is 9.59 Å². The standard InChI is InChI=1S/C15H19N3O2/c16-14(19)12-6-3-9-18(12)15(20)13-11-5-2-1-4-10(11)7-8-17-13/h1-2,4-5,12-13,17H,3,6-9H2,(H2,16,19). The smallest absolute Gasteiger partial charge is 0.245 e. The normalized spacial score (nSPS) is 25.3. The molecule has 1 aromatic rings. The first-order valence-corrected chi connectivity index (χ1v) is 7.09. The van der Waals surface area contributed by atoms with Crippen molar-refractivity contribution in [3.63, 3.8) is 0 Å². The molecule has 2 amide bonds. The fraction of sp³-hybridized carbons (Fsp3) is 0.467. The van der Waals surface area contributed by atoms with Crippen molar-refractivity contribution in [1.82, 2.24) is 10.2 Å². The molecule has 2 aliphatic heterocycles. The summed E-state index contributed by atoms with van der Waals surface area (Å²) in [6.45, 7) is 1.40. The van der Waals surface area contributed by atoms with Gasteiger partial charge in [-0.15, -0.1) is 0 Å². The number of benzene rings is 1. The second-order valence-corrected chi connectivity index (χ2v) is 5.43. The lowest BCUT2D eigenvalue weighted by Gasteiger charge is -2.31. The van der Waals surface area contributed by atoms with Crippen LogP contribution >= 0.6 is 0 Å². The molecule has 2 unspecified atom stereocenters. The van der Waals surface area contributed by atoms with Gasteiger partial charge < -0.3 is 16.0 Å². The first-order valence-electron chi connectivity index (χ1n) is 7.09. The Morgan fingerprint density at radius 3 is 2.90 bits per heavy atom. The van der Waals surface area contributed by atoms with Gasteiger partial charge >= 0.3 is 0 Å². The van der Waals surface area contributed by atoms with Crippen LogP contribution in [0.1, 0.15) is 30.0 Å². The van der Waals surface area contributed by atoms with Gasteiger partial charge in [0.05, 0.1) is 0 Å². The van der Waals surface area contributed by atoms with Crippen molar-refractivity contribution in [3.8, 4) is 0 Å². The van der Waals surface area contributed by atoms with Gasteiger partial charge in [-0.2, -0.15) is 0 Å². The molecule has 106 valence electrons. The van der Waals surface area contributed by atoms with Crippen molar-refractivity contribution in [2.75, 3.05) is 13.1 Å². The lowest BCUT2D eigenvalue weighted by molar-refractivity contribution is -0.139. The van der Waals surface area contributed by atoms with Gasteiger partial charge in [-0.1, -0.05) is 24.3 Å². The van der Waals surface area contributed by atoms with Crippen LogP contribution in [0, 0.1) is 0 Å². The summed E-state index contributed by atoms with van der Waals surface area (Å²) in [6.07, 6.45) is 2.45. The number of carbonyl (C=O) groups excluding carboxylic acids is 2. The van der Waals surface area contributed by atoms with E-state index >= 15 is 0 Å². The van der Waals surface area contributed by atoms with Crippen molar-refractivity contribution < 1.29 is 9.59 Å². The summed E-state index contributed by atoms with van der Waals surface area (Å²) in [5.41, 5.74) is 7.63. The summed E-state index contributed by atoms with van der Waals surface area (Å²) in [6, 6.07) is 7.19. The Balaban J connectivity index is 1.87. The number of nitrogens with one attached hydrogen (secondary N) is 1. The van der Waals surface area contributed by atoms with Crippen LogP contribution in [0.25, 0.3) is 0 Å². The molecule has 0 bridgehead atoms. The van der Waals surface area contributed by atoms with E-state index in [4.69, 9.17) is 5.73 Å². The number of rotatable bonds is 2. The molecule has 0 aromatic heterocycles. The highest BCUT2D eigenvalue weighted by atomic mass is 16.2. The molecule has 1 fully saturated rings. The lowest BCUT2D eigenvalue weighted by atomic mass is 9.93. The maximum atomic E-state index is 12.7. The zero-order valence-corrected chi connectivity index (χ0v) is 11.3. The van der Waals surface area contributed by atoms with Crippen LogP contribution < -0.4 is 11.1 Å². The zero-order chi connectivity index (χ0) is 14.1. The van der Waals surface area contributed by atoms with Crippen LogP contribution in [0.4, 0.5) is 0 Å². The van der Waals surface area contributed by atoms with Crippen LogP contribution in [0.5, 0.6) is 0 Å². The molecule has 5 nitrogen and oxygen atoms in total. The summed E-state index contributed by atoms with van der Waals surface area (Å²) < 4.78 is 0. The molecule has 1 aromatic carbocycles. The number of carbonyl (C=O) groups is 2. The van der Waals surface area contributed by atoms with E-state index in [0.717, 1.165) is 24.9 Å². The molecule has 0 radical (unpaired) electrons. The summed E-state index contributed by atoms with van der Waals surface area (Å²) in [4.78, 5) is 25.8. The third-order valence-corrected chi connectivity index (χ3v) is 4.22. The second-order valence-electron chi connectivity index (χ2n) is 5.43. The Kier molecular flexibility index (Phi) is 3.44.